The van der Waals surface area contributed by atoms with Crippen LogP contribution in [0.2, 0.25) is 0 Å². The van der Waals surface area contributed by atoms with E-state index in [-0.39, 0.29) is 42.8 Å². The Morgan fingerprint density at radius 1 is 1.15 bits per heavy atom. The summed E-state index contributed by atoms with van der Waals surface area (Å²) in [5.74, 6) is 0.650. The molecule has 0 bridgehead atoms. The van der Waals surface area contributed by atoms with E-state index in [1.54, 1.807) is 26.0 Å². The quantitative estimate of drug-likeness (QED) is 0.347. The number of nitrogens with zero attached hydrogens (tertiary/aromatic N) is 2. The van der Waals surface area contributed by atoms with Crippen LogP contribution in [0.3, 0.4) is 0 Å². The summed E-state index contributed by atoms with van der Waals surface area (Å²) in [5, 5.41) is 9.93. The molecule has 0 saturated heterocycles. The molecule has 1 aromatic heterocycles. The minimum Gasteiger partial charge on any atom is -0.492 e. The van der Waals surface area contributed by atoms with Crippen LogP contribution in [-0.2, 0) is 16.0 Å². The van der Waals surface area contributed by atoms with Gasteiger partial charge in [0.2, 0.25) is 0 Å². The number of rotatable bonds is 9. The van der Waals surface area contributed by atoms with Crippen LogP contribution in [0.25, 0.3) is 11.1 Å². The molecule has 0 saturated carbocycles. The molecule has 1 unspecified atom stereocenters. The Kier molecular flexibility index (Phi) is 7.68. The van der Waals surface area contributed by atoms with E-state index < -0.39 is 5.60 Å². The zero-order valence-electron chi connectivity index (χ0n) is 23.5. The number of carbonyl (C=O) groups excluding carboxylic acids is 1. The first-order valence-corrected chi connectivity index (χ1v) is 13.6. The maximum Gasteiger partial charge on any atom is 0.316 e. The van der Waals surface area contributed by atoms with Gasteiger partial charge in [0.1, 0.15) is 23.4 Å². The van der Waals surface area contributed by atoms with E-state index in [0.717, 1.165) is 34.2 Å². The number of methoxy groups -OCH3 is 1. The van der Waals surface area contributed by atoms with Gasteiger partial charge in [0.25, 0.3) is 0 Å². The topological polar surface area (TPSA) is 100 Å². The molecule has 40 heavy (non-hydrogen) atoms. The molecule has 3 aromatic rings. The highest BCUT2D eigenvalue weighted by molar-refractivity contribution is 5.74. The first kappa shape index (κ1) is 27.8. The zero-order valence-corrected chi connectivity index (χ0v) is 23.5. The lowest BCUT2D eigenvalue weighted by Crippen LogP contribution is -2.22. The molecule has 0 spiro atoms. The van der Waals surface area contributed by atoms with E-state index in [0.29, 0.717) is 42.3 Å². The second-order valence-electron chi connectivity index (χ2n) is 11.1. The Morgan fingerprint density at radius 3 is 2.60 bits per heavy atom. The number of fused-ring (bicyclic) bond motifs is 2. The molecule has 0 radical (unpaired) electrons. The summed E-state index contributed by atoms with van der Waals surface area (Å²) >= 11 is 0. The first-order valence-electron chi connectivity index (χ1n) is 13.6. The fraction of sp³-hybridized carbons (Fsp3) is 0.452. The SMILES string of the molecule is COC(=O)CC1COc2cc(O[C@@H]3CCc4c(-c5c(C)nc(OCCC(C)(C)O)nc5C)cc(F)cc43)ccc21. The molecule has 1 N–H and O–H groups in total. The molecule has 2 atom stereocenters. The number of benzene rings is 2. The number of hydrogen-bond donors (Lipinski definition) is 1. The number of esters is 1. The smallest absolute Gasteiger partial charge is 0.316 e. The van der Waals surface area contributed by atoms with Gasteiger partial charge in [-0.2, -0.15) is 9.97 Å². The van der Waals surface area contributed by atoms with Crippen molar-refractivity contribution >= 4 is 5.97 Å². The summed E-state index contributed by atoms with van der Waals surface area (Å²) in [4.78, 5) is 20.8. The Balaban J connectivity index is 1.37. The number of carbonyl (C=O) groups is 1. The second kappa shape index (κ2) is 11.0. The highest BCUT2D eigenvalue weighted by atomic mass is 19.1. The summed E-state index contributed by atoms with van der Waals surface area (Å²) in [5.41, 5.74) is 4.88. The molecule has 5 rings (SSSR count). The predicted octanol–water partition coefficient (Wildman–Crippen LogP) is 5.54. The number of aryl methyl sites for hydroxylation is 2. The van der Waals surface area contributed by atoms with Gasteiger partial charge < -0.3 is 24.1 Å². The van der Waals surface area contributed by atoms with Crippen molar-refractivity contribution < 1.29 is 33.2 Å². The molecule has 1 aliphatic heterocycles. The van der Waals surface area contributed by atoms with Crippen LogP contribution in [0, 0.1) is 19.7 Å². The van der Waals surface area contributed by atoms with Crippen LogP contribution in [0.15, 0.2) is 30.3 Å². The molecule has 8 nitrogen and oxygen atoms in total. The lowest BCUT2D eigenvalue weighted by Gasteiger charge is -2.19. The molecular weight excluding hydrogens is 515 g/mol. The van der Waals surface area contributed by atoms with E-state index in [2.05, 4.69) is 9.97 Å². The van der Waals surface area contributed by atoms with Gasteiger partial charge in [-0.15, -0.1) is 0 Å². The van der Waals surface area contributed by atoms with Crippen molar-refractivity contribution in [2.45, 2.75) is 71.0 Å². The van der Waals surface area contributed by atoms with Crippen LogP contribution < -0.4 is 14.2 Å². The standard InChI is InChI=1S/C31H35FN2O6/c1-17-29(18(2)34-30(33-17)38-11-10-31(3,4)36)25-14-20(32)13-24-23(25)8-9-26(24)40-21-6-7-22-19(12-28(35)37-5)16-39-27(22)15-21/h6-7,13-15,19,26,36H,8-12,16H2,1-5H3/t19?,26-/m1/s1. The predicted molar refractivity (Wildman–Crippen MR) is 146 cm³/mol. The molecule has 2 aliphatic rings. The van der Waals surface area contributed by atoms with Crippen LogP contribution >= 0.6 is 0 Å². The Labute approximate surface area is 233 Å². The molecule has 9 heteroatoms. The second-order valence-corrected chi connectivity index (χ2v) is 11.1. The van der Waals surface area contributed by atoms with Crippen LogP contribution in [0.1, 0.15) is 73.2 Å². The van der Waals surface area contributed by atoms with Crippen LogP contribution in [0.5, 0.6) is 17.5 Å². The van der Waals surface area contributed by atoms with Gasteiger partial charge in [0.15, 0.2) is 0 Å². The van der Waals surface area contributed by atoms with Gasteiger partial charge in [-0.3, -0.25) is 4.79 Å². The summed E-state index contributed by atoms with van der Waals surface area (Å²) in [6, 6.07) is 8.96. The summed E-state index contributed by atoms with van der Waals surface area (Å²) in [6.07, 6.45) is 1.81. The summed E-state index contributed by atoms with van der Waals surface area (Å²) < 4.78 is 37.7. The molecular formula is C31H35FN2O6. The van der Waals surface area contributed by atoms with Crippen molar-refractivity contribution in [3.05, 3.63) is 64.2 Å². The van der Waals surface area contributed by atoms with Crippen molar-refractivity contribution in [1.29, 1.82) is 0 Å². The fourth-order valence-corrected chi connectivity index (χ4v) is 5.48. The first-order chi connectivity index (χ1) is 19.0. The molecule has 0 fully saturated rings. The number of aromatic nitrogens is 2. The number of ether oxygens (including phenoxy) is 4. The molecule has 212 valence electrons. The third-order valence-electron chi connectivity index (χ3n) is 7.50. The van der Waals surface area contributed by atoms with E-state index in [1.165, 1.54) is 7.11 Å². The fourth-order valence-electron chi connectivity index (χ4n) is 5.48. The van der Waals surface area contributed by atoms with Crippen LogP contribution in [-0.4, -0.2) is 47.0 Å². The van der Waals surface area contributed by atoms with Crippen LogP contribution in [0.4, 0.5) is 4.39 Å². The largest absolute Gasteiger partial charge is 0.492 e. The summed E-state index contributed by atoms with van der Waals surface area (Å²) in [6.45, 7) is 7.88. The van der Waals surface area contributed by atoms with Crippen molar-refractivity contribution in [1.82, 2.24) is 9.97 Å². The van der Waals surface area contributed by atoms with E-state index in [9.17, 15) is 14.3 Å². The number of halogens is 1. The maximum absolute atomic E-state index is 15.0. The Morgan fingerprint density at radius 2 is 1.90 bits per heavy atom. The summed E-state index contributed by atoms with van der Waals surface area (Å²) in [7, 11) is 1.38. The van der Waals surface area contributed by atoms with E-state index in [4.69, 9.17) is 18.9 Å². The van der Waals surface area contributed by atoms with Crippen molar-refractivity contribution in [2.24, 2.45) is 0 Å². The van der Waals surface area contributed by atoms with Crippen molar-refractivity contribution in [2.75, 3.05) is 20.3 Å². The highest BCUT2D eigenvalue weighted by Gasteiger charge is 2.31. The van der Waals surface area contributed by atoms with Crippen molar-refractivity contribution in [3.8, 4) is 28.6 Å². The molecule has 0 amide bonds. The molecule has 1 aliphatic carbocycles. The van der Waals surface area contributed by atoms with Gasteiger partial charge in [-0.25, -0.2) is 4.39 Å². The van der Waals surface area contributed by atoms with E-state index in [1.807, 2.05) is 32.0 Å². The molecule has 2 heterocycles. The highest BCUT2D eigenvalue weighted by Crippen LogP contribution is 2.44. The monoisotopic (exact) mass is 550 g/mol. The number of hydrogen-bond acceptors (Lipinski definition) is 8. The maximum atomic E-state index is 15.0. The average Bonchev–Trinajstić information content (AvgIpc) is 3.46. The van der Waals surface area contributed by atoms with E-state index >= 15 is 0 Å². The van der Waals surface area contributed by atoms with Gasteiger partial charge in [0, 0.05) is 29.5 Å². The Bertz CT molecular complexity index is 1410. The zero-order chi connectivity index (χ0) is 28.6. The third-order valence-corrected chi connectivity index (χ3v) is 7.50. The Hall–Kier alpha value is -3.72. The number of aliphatic hydroxyl groups is 1. The average molecular weight is 551 g/mol. The lowest BCUT2D eigenvalue weighted by molar-refractivity contribution is -0.141. The minimum atomic E-state index is -0.843. The normalized spacial score (nSPS) is 17.7. The minimum absolute atomic E-state index is 0.0487. The van der Waals surface area contributed by atoms with Crippen molar-refractivity contribution in [3.63, 3.8) is 0 Å². The van der Waals surface area contributed by atoms with Gasteiger partial charge in [0.05, 0.1) is 43.7 Å². The third kappa shape index (κ3) is 5.89. The molecule has 2 aromatic carbocycles. The van der Waals surface area contributed by atoms with Gasteiger partial charge in [-0.1, -0.05) is 6.07 Å². The lowest BCUT2D eigenvalue weighted by atomic mass is 9.94. The van der Waals surface area contributed by atoms with Gasteiger partial charge in [-0.05, 0) is 75.4 Å². The van der Waals surface area contributed by atoms with Gasteiger partial charge >= 0.3 is 12.0 Å².